The monoisotopic (exact) mass is 226 g/mol. The van der Waals surface area contributed by atoms with Crippen molar-refractivity contribution in [3.05, 3.63) is 6.33 Å². The summed E-state index contributed by atoms with van der Waals surface area (Å²) in [6.07, 6.45) is 3.93. The van der Waals surface area contributed by atoms with Crippen LogP contribution in [0.15, 0.2) is 11.5 Å². The third-order valence-corrected chi connectivity index (χ3v) is 3.33. The summed E-state index contributed by atoms with van der Waals surface area (Å²) in [5.74, 6) is 1.16. The summed E-state index contributed by atoms with van der Waals surface area (Å²) in [4.78, 5) is 15.4. The Morgan fingerprint density at radius 1 is 1.80 bits per heavy atom. The molecule has 1 saturated carbocycles. The minimum absolute atomic E-state index is 0.0656. The number of hydrogen-bond donors (Lipinski definition) is 2. The lowest BCUT2D eigenvalue weighted by atomic mass is 10.2. The van der Waals surface area contributed by atoms with Crippen LogP contribution in [0.1, 0.15) is 19.8 Å². The van der Waals surface area contributed by atoms with Crippen molar-refractivity contribution in [2.45, 2.75) is 31.0 Å². The molecule has 0 aliphatic heterocycles. The third-order valence-electron chi connectivity index (χ3n) is 2.45. The van der Waals surface area contributed by atoms with Gasteiger partial charge < -0.3 is 5.32 Å². The van der Waals surface area contributed by atoms with Gasteiger partial charge in [0.2, 0.25) is 5.91 Å². The Balaban J connectivity index is 1.68. The maximum Gasteiger partial charge on any atom is 0.230 e. The summed E-state index contributed by atoms with van der Waals surface area (Å²) >= 11 is 1.37. The van der Waals surface area contributed by atoms with Gasteiger partial charge in [-0.25, -0.2) is 4.98 Å². The molecule has 1 amide bonds. The van der Waals surface area contributed by atoms with E-state index in [-0.39, 0.29) is 5.91 Å². The van der Waals surface area contributed by atoms with Crippen LogP contribution in [0.5, 0.6) is 0 Å². The van der Waals surface area contributed by atoms with Gasteiger partial charge in [-0.3, -0.25) is 9.89 Å². The molecule has 1 aromatic heterocycles. The number of carbonyl (C=O) groups is 1. The van der Waals surface area contributed by atoms with Crippen molar-refractivity contribution in [2.24, 2.45) is 5.92 Å². The number of carbonyl (C=O) groups excluding carboxylic acids is 1. The molecule has 0 aromatic carbocycles. The molecular weight excluding hydrogens is 212 g/mol. The van der Waals surface area contributed by atoms with Gasteiger partial charge in [-0.1, -0.05) is 11.8 Å². The minimum Gasteiger partial charge on any atom is -0.353 e. The Hall–Kier alpha value is -1.04. The highest BCUT2D eigenvalue weighted by molar-refractivity contribution is 7.99. The van der Waals surface area contributed by atoms with Crippen LogP contribution in [0.2, 0.25) is 0 Å². The second-order valence-electron chi connectivity index (χ2n) is 3.77. The summed E-state index contributed by atoms with van der Waals surface area (Å²) in [6.45, 7) is 2.06. The van der Waals surface area contributed by atoms with E-state index >= 15 is 0 Å². The summed E-state index contributed by atoms with van der Waals surface area (Å²) in [5.41, 5.74) is 0. The van der Waals surface area contributed by atoms with Gasteiger partial charge >= 0.3 is 0 Å². The second-order valence-corrected chi connectivity index (χ2v) is 4.74. The fourth-order valence-electron chi connectivity index (χ4n) is 1.41. The smallest absolute Gasteiger partial charge is 0.230 e. The van der Waals surface area contributed by atoms with E-state index in [0.717, 1.165) is 0 Å². The molecule has 1 unspecified atom stereocenters. The van der Waals surface area contributed by atoms with E-state index in [2.05, 4.69) is 27.4 Å². The summed E-state index contributed by atoms with van der Waals surface area (Å²) in [5, 5.41) is 10.1. The Morgan fingerprint density at radius 3 is 3.20 bits per heavy atom. The number of nitrogens with zero attached hydrogens (tertiary/aromatic N) is 2. The quantitative estimate of drug-likeness (QED) is 0.729. The van der Waals surface area contributed by atoms with Crippen molar-refractivity contribution < 1.29 is 4.79 Å². The zero-order valence-corrected chi connectivity index (χ0v) is 9.38. The van der Waals surface area contributed by atoms with Crippen LogP contribution in [-0.4, -0.2) is 32.9 Å². The minimum atomic E-state index is 0.0656. The predicted octanol–water partition coefficient (Wildman–Crippen LogP) is 0.811. The van der Waals surface area contributed by atoms with Crippen molar-refractivity contribution in [2.75, 3.05) is 5.75 Å². The van der Waals surface area contributed by atoms with E-state index < -0.39 is 0 Å². The average molecular weight is 226 g/mol. The Bertz CT molecular complexity index is 323. The lowest BCUT2D eigenvalue weighted by molar-refractivity contribution is -0.119. The zero-order chi connectivity index (χ0) is 10.7. The van der Waals surface area contributed by atoms with Gasteiger partial charge in [0, 0.05) is 6.04 Å². The van der Waals surface area contributed by atoms with Crippen molar-refractivity contribution >= 4 is 17.7 Å². The fourth-order valence-corrected chi connectivity index (χ4v) is 2.00. The number of thioether (sulfide) groups is 1. The zero-order valence-electron chi connectivity index (χ0n) is 8.56. The van der Waals surface area contributed by atoms with Crippen molar-refractivity contribution in [3.8, 4) is 0 Å². The fraction of sp³-hybridized carbons (Fsp3) is 0.667. The van der Waals surface area contributed by atoms with Crippen molar-refractivity contribution in [3.63, 3.8) is 0 Å². The van der Waals surface area contributed by atoms with Crippen LogP contribution < -0.4 is 5.32 Å². The van der Waals surface area contributed by atoms with Gasteiger partial charge in [0.05, 0.1) is 5.75 Å². The molecule has 0 bridgehead atoms. The molecule has 1 heterocycles. The maximum atomic E-state index is 11.5. The molecule has 1 fully saturated rings. The van der Waals surface area contributed by atoms with E-state index in [1.165, 1.54) is 30.9 Å². The van der Waals surface area contributed by atoms with E-state index in [9.17, 15) is 4.79 Å². The highest BCUT2D eigenvalue weighted by Crippen LogP contribution is 2.32. The first kappa shape index (κ1) is 10.5. The highest BCUT2D eigenvalue weighted by Gasteiger charge is 2.28. The van der Waals surface area contributed by atoms with Crippen LogP contribution in [-0.2, 0) is 4.79 Å². The molecule has 1 aromatic rings. The van der Waals surface area contributed by atoms with Crippen LogP contribution in [0.4, 0.5) is 0 Å². The highest BCUT2D eigenvalue weighted by atomic mass is 32.2. The predicted molar refractivity (Wildman–Crippen MR) is 57.4 cm³/mol. The van der Waals surface area contributed by atoms with Gasteiger partial charge in [0.25, 0.3) is 0 Å². The van der Waals surface area contributed by atoms with E-state index in [0.29, 0.717) is 22.9 Å². The average Bonchev–Trinajstić information content (AvgIpc) is 2.93. The first-order chi connectivity index (χ1) is 7.25. The molecule has 15 heavy (non-hydrogen) atoms. The van der Waals surface area contributed by atoms with Crippen LogP contribution >= 0.6 is 11.8 Å². The van der Waals surface area contributed by atoms with Gasteiger partial charge in [-0.05, 0) is 25.7 Å². The normalized spacial score (nSPS) is 17.4. The molecule has 0 spiro atoms. The van der Waals surface area contributed by atoms with Gasteiger partial charge in [-0.2, -0.15) is 5.10 Å². The topological polar surface area (TPSA) is 70.7 Å². The van der Waals surface area contributed by atoms with E-state index in [4.69, 9.17) is 0 Å². The molecular formula is C9H14N4OS. The molecule has 0 radical (unpaired) electrons. The van der Waals surface area contributed by atoms with E-state index in [1.54, 1.807) is 0 Å². The standard InChI is InChI=1S/C9H14N4OS/c1-6(7-2-3-7)12-8(14)4-15-9-10-5-11-13-9/h5-7H,2-4H2,1H3,(H,12,14)(H,10,11,13). The molecule has 1 atom stereocenters. The first-order valence-electron chi connectivity index (χ1n) is 5.03. The second kappa shape index (κ2) is 4.65. The Kier molecular flexibility index (Phi) is 3.25. The number of amides is 1. The first-order valence-corrected chi connectivity index (χ1v) is 6.02. The molecule has 5 nitrogen and oxygen atoms in total. The number of aromatic amines is 1. The number of H-pyrrole nitrogens is 1. The molecule has 0 saturated heterocycles. The Labute approximate surface area is 92.4 Å². The Morgan fingerprint density at radius 2 is 2.60 bits per heavy atom. The van der Waals surface area contributed by atoms with Crippen LogP contribution in [0.25, 0.3) is 0 Å². The van der Waals surface area contributed by atoms with Gasteiger partial charge in [0.1, 0.15) is 6.33 Å². The number of nitrogens with one attached hydrogen (secondary N) is 2. The summed E-state index contributed by atoms with van der Waals surface area (Å²) in [7, 11) is 0. The molecule has 2 N–H and O–H groups in total. The lowest BCUT2D eigenvalue weighted by Gasteiger charge is -2.11. The summed E-state index contributed by atoms with van der Waals surface area (Å²) in [6, 6.07) is 0.313. The van der Waals surface area contributed by atoms with Gasteiger partial charge in [0.15, 0.2) is 5.16 Å². The number of rotatable bonds is 5. The maximum absolute atomic E-state index is 11.5. The SMILES string of the molecule is CC(NC(=O)CSc1ncn[nH]1)C1CC1. The van der Waals surface area contributed by atoms with Crippen LogP contribution in [0.3, 0.4) is 0 Å². The van der Waals surface area contributed by atoms with E-state index in [1.807, 2.05) is 0 Å². The third kappa shape index (κ3) is 3.23. The van der Waals surface area contributed by atoms with Gasteiger partial charge in [-0.15, -0.1) is 0 Å². The van der Waals surface area contributed by atoms with Crippen LogP contribution in [0, 0.1) is 5.92 Å². The molecule has 1 aliphatic carbocycles. The summed E-state index contributed by atoms with van der Waals surface area (Å²) < 4.78 is 0. The van der Waals surface area contributed by atoms with Crippen molar-refractivity contribution in [1.82, 2.24) is 20.5 Å². The van der Waals surface area contributed by atoms with Crippen molar-refractivity contribution in [1.29, 1.82) is 0 Å². The number of hydrogen-bond acceptors (Lipinski definition) is 4. The molecule has 2 rings (SSSR count). The number of aromatic nitrogens is 3. The molecule has 82 valence electrons. The molecule has 1 aliphatic rings. The largest absolute Gasteiger partial charge is 0.353 e. The molecule has 6 heteroatoms. The lowest BCUT2D eigenvalue weighted by Crippen LogP contribution is -2.35.